The molecule has 1 heterocycles. The van der Waals surface area contributed by atoms with E-state index in [2.05, 4.69) is 20.3 Å². The van der Waals surface area contributed by atoms with Crippen molar-refractivity contribution in [1.29, 1.82) is 0 Å². The Kier molecular flexibility index (Phi) is 2.48. The molecule has 1 aromatic rings. The van der Waals surface area contributed by atoms with Crippen molar-refractivity contribution in [2.75, 3.05) is 7.11 Å². The highest BCUT2D eigenvalue weighted by Crippen LogP contribution is 1.91. The molecule has 5 heteroatoms. The standard InChI is InChI=1S/C6H9N3O2/c1-11-6(10)7-2-5-3-8-9-4-5/h3-4H,2H2,1H3,(H,7,10)(H,8,9). The summed E-state index contributed by atoms with van der Waals surface area (Å²) in [6, 6.07) is 0. The highest BCUT2D eigenvalue weighted by atomic mass is 16.5. The fourth-order valence-corrected chi connectivity index (χ4v) is 0.621. The van der Waals surface area contributed by atoms with Crippen LogP contribution in [0.1, 0.15) is 5.56 Å². The van der Waals surface area contributed by atoms with Crippen LogP contribution in [0.25, 0.3) is 0 Å². The van der Waals surface area contributed by atoms with Crippen molar-refractivity contribution >= 4 is 6.09 Å². The summed E-state index contributed by atoms with van der Waals surface area (Å²) >= 11 is 0. The normalized spacial score (nSPS) is 9.18. The summed E-state index contributed by atoms with van der Waals surface area (Å²) in [6.07, 6.45) is 2.90. The Morgan fingerprint density at radius 3 is 3.27 bits per heavy atom. The minimum atomic E-state index is -0.439. The molecule has 5 nitrogen and oxygen atoms in total. The number of hydrogen-bond acceptors (Lipinski definition) is 3. The number of aromatic nitrogens is 2. The third kappa shape index (κ3) is 2.29. The van der Waals surface area contributed by atoms with E-state index in [9.17, 15) is 4.79 Å². The van der Waals surface area contributed by atoms with E-state index in [1.165, 1.54) is 7.11 Å². The molecule has 0 spiro atoms. The summed E-state index contributed by atoms with van der Waals surface area (Å²) in [4.78, 5) is 10.5. The van der Waals surface area contributed by atoms with Gasteiger partial charge in [0, 0.05) is 18.3 Å². The van der Waals surface area contributed by atoms with Gasteiger partial charge >= 0.3 is 6.09 Å². The van der Waals surface area contributed by atoms with Gasteiger partial charge in [-0.1, -0.05) is 0 Å². The molecule has 11 heavy (non-hydrogen) atoms. The molecule has 60 valence electrons. The second kappa shape index (κ2) is 3.60. The van der Waals surface area contributed by atoms with Gasteiger partial charge in [-0.05, 0) is 0 Å². The first-order chi connectivity index (χ1) is 5.33. The van der Waals surface area contributed by atoms with Crippen LogP contribution in [0.15, 0.2) is 12.4 Å². The lowest BCUT2D eigenvalue weighted by atomic mass is 10.4. The van der Waals surface area contributed by atoms with Crippen LogP contribution in [0, 0.1) is 0 Å². The van der Waals surface area contributed by atoms with E-state index in [-0.39, 0.29) is 0 Å². The minimum Gasteiger partial charge on any atom is -0.453 e. The van der Waals surface area contributed by atoms with E-state index in [4.69, 9.17) is 0 Å². The molecule has 2 N–H and O–H groups in total. The Morgan fingerprint density at radius 1 is 1.91 bits per heavy atom. The van der Waals surface area contributed by atoms with Gasteiger partial charge in [0.25, 0.3) is 0 Å². The summed E-state index contributed by atoms with van der Waals surface area (Å²) in [5, 5.41) is 8.85. The Morgan fingerprint density at radius 2 is 2.73 bits per heavy atom. The highest BCUT2D eigenvalue weighted by molar-refractivity contribution is 5.66. The van der Waals surface area contributed by atoms with Gasteiger partial charge in [0.15, 0.2) is 0 Å². The van der Waals surface area contributed by atoms with Gasteiger partial charge < -0.3 is 10.1 Å². The Bertz CT molecular complexity index is 220. The van der Waals surface area contributed by atoms with Crippen LogP contribution in [-0.4, -0.2) is 23.4 Å². The van der Waals surface area contributed by atoms with Crippen LogP contribution >= 0.6 is 0 Å². The Labute approximate surface area is 63.7 Å². The number of carbonyl (C=O) groups excluding carboxylic acids is 1. The monoisotopic (exact) mass is 155 g/mol. The lowest BCUT2D eigenvalue weighted by Gasteiger charge is -1.99. The third-order valence-electron chi connectivity index (χ3n) is 1.18. The molecular formula is C6H9N3O2. The molecule has 1 rings (SSSR count). The van der Waals surface area contributed by atoms with Crippen LogP contribution in [0.4, 0.5) is 4.79 Å². The van der Waals surface area contributed by atoms with E-state index in [0.29, 0.717) is 6.54 Å². The molecule has 0 saturated carbocycles. The fourth-order valence-electron chi connectivity index (χ4n) is 0.621. The number of nitrogens with zero attached hydrogens (tertiary/aromatic N) is 1. The van der Waals surface area contributed by atoms with Gasteiger partial charge in [0.1, 0.15) is 0 Å². The predicted molar refractivity (Wildman–Crippen MR) is 37.8 cm³/mol. The molecule has 0 unspecified atom stereocenters. The van der Waals surface area contributed by atoms with Crippen molar-refractivity contribution in [2.24, 2.45) is 0 Å². The van der Waals surface area contributed by atoms with Gasteiger partial charge in [0.05, 0.1) is 13.3 Å². The predicted octanol–water partition coefficient (Wildman–Crippen LogP) is 0.266. The molecular weight excluding hydrogens is 146 g/mol. The maximum absolute atomic E-state index is 10.5. The largest absolute Gasteiger partial charge is 0.453 e. The van der Waals surface area contributed by atoms with Crippen molar-refractivity contribution in [3.63, 3.8) is 0 Å². The van der Waals surface area contributed by atoms with E-state index in [0.717, 1.165) is 5.56 Å². The first-order valence-electron chi connectivity index (χ1n) is 3.12. The Balaban J connectivity index is 2.29. The second-order valence-electron chi connectivity index (χ2n) is 1.95. The number of H-pyrrole nitrogens is 1. The van der Waals surface area contributed by atoms with Crippen LogP contribution in [0.3, 0.4) is 0 Å². The second-order valence-corrected chi connectivity index (χ2v) is 1.95. The maximum Gasteiger partial charge on any atom is 0.407 e. The average molecular weight is 155 g/mol. The number of rotatable bonds is 2. The van der Waals surface area contributed by atoms with Crippen molar-refractivity contribution in [2.45, 2.75) is 6.54 Å². The summed E-state index contributed by atoms with van der Waals surface area (Å²) in [6.45, 7) is 0.434. The molecule has 0 fully saturated rings. The van der Waals surface area contributed by atoms with Gasteiger partial charge in [-0.15, -0.1) is 0 Å². The number of alkyl carbamates (subject to hydrolysis) is 1. The molecule has 0 aliphatic carbocycles. The van der Waals surface area contributed by atoms with Gasteiger partial charge in [-0.2, -0.15) is 5.10 Å². The van der Waals surface area contributed by atoms with Gasteiger partial charge in [-0.25, -0.2) is 4.79 Å². The Hall–Kier alpha value is -1.52. The molecule has 1 aromatic heterocycles. The number of nitrogens with one attached hydrogen (secondary N) is 2. The van der Waals surface area contributed by atoms with Crippen LogP contribution in [0.2, 0.25) is 0 Å². The summed E-state index contributed by atoms with van der Waals surface area (Å²) in [5.74, 6) is 0. The third-order valence-corrected chi connectivity index (χ3v) is 1.18. The van der Waals surface area contributed by atoms with Crippen molar-refractivity contribution in [1.82, 2.24) is 15.5 Å². The summed E-state index contributed by atoms with van der Waals surface area (Å²) < 4.78 is 4.37. The lowest BCUT2D eigenvalue weighted by Crippen LogP contribution is -2.21. The van der Waals surface area contributed by atoms with Gasteiger partial charge in [0.2, 0.25) is 0 Å². The van der Waals surface area contributed by atoms with Crippen LogP contribution < -0.4 is 5.32 Å². The molecule has 0 aliphatic rings. The van der Waals surface area contributed by atoms with E-state index >= 15 is 0 Å². The van der Waals surface area contributed by atoms with E-state index in [1.807, 2.05) is 0 Å². The zero-order valence-electron chi connectivity index (χ0n) is 6.13. The van der Waals surface area contributed by atoms with Crippen LogP contribution in [0.5, 0.6) is 0 Å². The lowest BCUT2D eigenvalue weighted by molar-refractivity contribution is 0.170. The maximum atomic E-state index is 10.5. The molecule has 0 aliphatic heterocycles. The SMILES string of the molecule is COC(=O)NCc1cn[nH]c1. The number of aromatic amines is 1. The van der Waals surface area contributed by atoms with Crippen LogP contribution in [-0.2, 0) is 11.3 Å². The number of ether oxygens (including phenoxy) is 1. The van der Waals surface area contributed by atoms with E-state index < -0.39 is 6.09 Å². The topological polar surface area (TPSA) is 67.0 Å². The first-order valence-corrected chi connectivity index (χ1v) is 3.12. The fraction of sp³-hybridized carbons (Fsp3) is 0.333. The number of hydrogen-bond donors (Lipinski definition) is 2. The zero-order valence-corrected chi connectivity index (χ0v) is 6.13. The number of carbonyl (C=O) groups is 1. The molecule has 0 saturated heterocycles. The molecule has 0 atom stereocenters. The van der Waals surface area contributed by atoms with Gasteiger partial charge in [-0.3, -0.25) is 5.10 Å². The molecule has 1 amide bonds. The first kappa shape index (κ1) is 7.59. The number of methoxy groups -OCH3 is 1. The number of amides is 1. The summed E-state index contributed by atoms with van der Waals surface area (Å²) in [7, 11) is 1.32. The molecule has 0 radical (unpaired) electrons. The van der Waals surface area contributed by atoms with E-state index in [1.54, 1.807) is 12.4 Å². The average Bonchev–Trinajstić information content (AvgIpc) is 2.52. The summed E-state index contributed by atoms with van der Waals surface area (Å²) in [5.41, 5.74) is 0.912. The zero-order chi connectivity index (χ0) is 8.10. The molecule has 0 bridgehead atoms. The van der Waals surface area contributed by atoms with Crippen molar-refractivity contribution in [3.05, 3.63) is 18.0 Å². The van der Waals surface area contributed by atoms with Crippen molar-refractivity contribution < 1.29 is 9.53 Å². The van der Waals surface area contributed by atoms with Crippen molar-refractivity contribution in [3.8, 4) is 0 Å². The smallest absolute Gasteiger partial charge is 0.407 e. The minimum absolute atomic E-state index is 0.434. The highest BCUT2D eigenvalue weighted by Gasteiger charge is 1.97. The molecule has 0 aromatic carbocycles. The quantitative estimate of drug-likeness (QED) is 0.644.